The summed E-state index contributed by atoms with van der Waals surface area (Å²) < 4.78 is 16.9. The fourth-order valence-electron chi connectivity index (χ4n) is 9.16. The zero-order valence-electron chi connectivity index (χ0n) is 47.5. The van der Waals surface area contributed by atoms with Crippen LogP contribution in [0.4, 0.5) is 0 Å². The van der Waals surface area contributed by atoms with Crippen LogP contribution in [0.15, 0.2) is 48.6 Å². The summed E-state index contributed by atoms with van der Waals surface area (Å²) in [4.78, 5) is 38.2. The predicted octanol–water partition coefficient (Wildman–Crippen LogP) is 21.0. The topological polar surface area (TPSA) is 78.9 Å². The van der Waals surface area contributed by atoms with E-state index in [0.717, 1.165) is 83.5 Å². The van der Waals surface area contributed by atoms with E-state index < -0.39 is 6.10 Å². The highest BCUT2D eigenvalue weighted by atomic mass is 16.6. The minimum atomic E-state index is -0.784. The molecule has 1 atom stereocenters. The quantitative estimate of drug-likeness (QED) is 0.0261. The molecule has 0 spiro atoms. The SMILES string of the molecule is CC/C=C\C/C=C\C/C=C\CCCCCC(=O)OCC(COC(=O)CCCCCCCCCCCCCCCCCCCCCCC)OC(=O)CCCCCCCCCCC/C=C\CCCCCCCC. The Kier molecular flexibility index (Phi) is 57.7. The van der Waals surface area contributed by atoms with Gasteiger partial charge in [-0.15, -0.1) is 0 Å². The summed E-state index contributed by atoms with van der Waals surface area (Å²) in [5.41, 5.74) is 0. The van der Waals surface area contributed by atoms with Gasteiger partial charge in [-0.2, -0.15) is 0 Å². The van der Waals surface area contributed by atoms with Gasteiger partial charge in [0.15, 0.2) is 6.10 Å². The first kappa shape index (κ1) is 68.4. The average Bonchev–Trinajstić information content (AvgIpc) is 3.37. The third kappa shape index (κ3) is 58.1. The van der Waals surface area contributed by atoms with Gasteiger partial charge in [0, 0.05) is 19.3 Å². The van der Waals surface area contributed by atoms with Crippen LogP contribution >= 0.6 is 0 Å². The molecule has 71 heavy (non-hydrogen) atoms. The molecular weight excluding hydrogens is 877 g/mol. The van der Waals surface area contributed by atoms with Crippen LogP contribution in [0.3, 0.4) is 0 Å². The second kappa shape index (κ2) is 59.9. The van der Waals surface area contributed by atoms with E-state index in [1.54, 1.807) is 0 Å². The molecule has 0 saturated heterocycles. The molecule has 0 aliphatic rings. The third-order valence-electron chi connectivity index (χ3n) is 13.8. The van der Waals surface area contributed by atoms with E-state index >= 15 is 0 Å². The van der Waals surface area contributed by atoms with Gasteiger partial charge in [0.05, 0.1) is 0 Å². The van der Waals surface area contributed by atoms with Crippen LogP contribution < -0.4 is 0 Å². The molecule has 6 nitrogen and oxygen atoms in total. The molecule has 0 aromatic carbocycles. The number of carbonyl (C=O) groups excluding carboxylic acids is 3. The monoisotopic (exact) mass is 995 g/mol. The first-order valence-corrected chi connectivity index (χ1v) is 31.1. The standard InChI is InChI=1S/C65H118O6/c1-4-7-10-13-16-19-22-25-27-29-31-32-34-35-37-40-43-46-49-52-55-58-64(67)70-61-62(60-69-63(66)57-54-51-48-45-42-39-24-21-18-15-12-9-6-3)71-65(68)59-56-53-50-47-44-41-38-36-33-30-28-26-23-20-17-14-11-8-5-2/h9,12,18,21,26,28,39,42,62H,4-8,10-11,13-17,19-20,22-25,27,29-38,40-41,43-61H2,1-3H3/b12-9-,21-18-,28-26-,42-39-. The van der Waals surface area contributed by atoms with E-state index in [0.29, 0.717) is 19.3 Å². The largest absolute Gasteiger partial charge is 0.462 e. The normalized spacial score (nSPS) is 12.3. The lowest BCUT2D eigenvalue weighted by molar-refractivity contribution is -0.167. The zero-order chi connectivity index (χ0) is 51.4. The van der Waals surface area contributed by atoms with Crippen molar-refractivity contribution in [2.45, 2.75) is 335 Å². The number of ether oxygens (including phenoxy) is 3. The number of allylic oxidation sites excluding steroid dienone is 8. The molecule has 0 radical (unpaired) electrons. The number of esters is 3. The van der Waals surface area contributed by atoms with Gasteiger partial charge in [0.25, 0.3) is 0 Å². The van der Waals surface area contributed by atoms with Crippen LogP contribution in [0, 0.1) is 0 Å². The van der Waals surface area contributed by atoms with Crippen molar-refractivity contribution in [3.63, 3.8) is 0 Å². The molecule has 6 heteroatoms. The van der Waals surface area contributed by atoms with Gasteiger partial charge in [-0.05, 0) is 77.0 Å². The highest BCUT2D eigenvalue weighted by Gasteiger charge is 2.19. The van der Waals surface area contributed by atoms with Crippen molar-refractivity contribution in [3.05, 3.63) is 48.6 Å². The molecule has 0 N–H and O–H groups in total. The van der Waals surface area contributed by atoms with Crippen molar-refractivity contribution in [2.75, 3.05) is 13.2 Å². The van der Waals surface area contributed by atoms with Gasteiger partial charge in [-0.25, -0.2) is 0 Å². The minimum absolute atomic E-state index is 0.0798. The molecule has 0 aliphatic carbocycles. The minimum Gasteiger partial charge on any atom is -0.462 e. The van der Waals surface area contributed by atoms with E-state index in [2.05, 4.69) is 69.4 Å². The van der Waals surface area contributed by atoms with Crippen molar-refractivity contribution in [2.24, 2.45) is 0 Å². The Bertz CT molecular complexity index is 1230. The molecular formula is C65H118O6. The molecule has 0 heterocycles. The molecule has 0 saturated carbocycles. The molecule has 0 aromatic rings. The van der Waals surface area contributed by atoms with Gasteiger partial charge in [0.2, 0.25) is 0 Å². The summed E-state index contributed by atoms with van der Waals surface area (Å²) in [5, 5.41) is 0. The Morgan fingerprint density at radius 3 is 0.887 bits per heavy atom. The van der Waals surface area contributed by atoms with Crippen molar-refractivity contribution >= 4 is 17.9 Å². The fraction of sp³-hybridized carbons (Fsp3) is 0.831. The van der Waals surface area contributed by atoms with Gasteiger partial charge in [0.1, 0.15) is 13.2 Å². The van der Waals surface area contributed by atoms with Crippen molar-refractivity contribution in [1.82, 2.24) is 0 Å². The smallest absolute Gasteiger partial charge is 0.306 e. The number of hydrogen-bond acceptors (Lipinski definition) is 6. The van der Waals surface area contributed by atoms with Crippen molar-refractivity contribution < 1.29 is 28.6 Å². The molecule has 0 rings (SSSR count). The van der Waals surface area contributed by atoms with Crippen LogP contribution in [0.5, 0.6) is 0 Å². The number of rotatable bonds is 57. The molecule has 414 valence electrons. The van der Waals surface area contributed by atoms with E-state index in [1.165, 1.54) is 205 Å². The predicted molar refractivity (Wildman–Crippen MR) is 307 cm³/mol. The number of hydrogen-bond donors (Lipinski definition) is 0. The van der Waals surface area contributed by atoms with Gasteiger partial charge < -0.3 is 14.2 Å². The van der Waals surface area contributed by atoms with Crippen LogP contribution in [-0.4, -0.2) is 37.2 Å². The van der Waals surface area contributed by atoms with E-state index in [9.17, 15) is 14.4 Å². The molecule has 1 unspecified atom stereocenters. The summed E-state index contributed by atoms with van der Waals surface area (Å²) in [6.45, 7) is 6.55. The Balaban J connectivity index is 4.31. The molecule has 0 amide bonds. The lowest BCUT2D eigenvalue weighted by atomic mass is 10.0. The lowest BCUT2D eigenvalue weighted by Gasteiger charge is -2.18. The van der Waals surface area contributed by atoms with Crippen molar-refractivity contribution in [3.8, 4) is 0 Å². The van der Waals surface area contributed by atoms with Crippen LogP contribution in [0.1, 0.15) is 329 Å². The maximum atomic E-state index is 12.9. The Labute approximate surface area is 441 Å². The first-order chi connectivity index (χ1) is 35.0. The summed E-state index contributed by atoms with van der Waals surface area (Å²) in [6.07, 6.45) is 74.1. The lowest BCUT2D eigenvalue weighted by Crippen LogP contribution is -2.30. The zero-order valence-corrected chi connectivity index (χ0v) is 47.5. The molecule has 0 bridgehead atoms. The number of unbranched alkanes of at least 4 members (excludes halogenated alkanes) is 38. The maximum absolute atomic E-state index is 12.9. The molecule has 0 fully saturated rings. The summed E-state index contributed by atoms with van der Waals surface area (Å²) in [5.74, 6) is -0.894. The van der Waals surface area contributed by atoms with Gasteiger partial charge in [-0.3, -0.25) is 14.4 Å². The summed E-state index contributed by atoms with van der Waals surface area (Å²) in [6, 6.07) is 0. The van der Waals surface area contributed by atoms with Crippen molar-refractivity contribution in [1.29, 1.82) is 0 Å². The Morgan fingerprint density at radius 1 is 0.296 bits per heavy atom. The second-order valence-corrected chi connectivity index (χ2v) is 20.9. The summed E-state index contributed by atoms with van der Waals surface area (Å²) in [7, 11) is 0. The second-order valence-electron chi connectivity index (χ2n) is 20.9. The number of carbonyl (C=O) groups is 3. The highest BCUT2D eigenvalue weighted by molar-refractivity contribution is 5.71. The van der Waals surface area contributed by atoms with E-state index in [4.69, 9.17) is 14.2 Å². The average molecular weight is 996 g/mol. The van der Waals surface area contributed by atoms with E-state index in [-0.39, 0.29) is 31.1 Å². The molecule has 0 aliphatic heterocycles. The van der Waals surface area contributed by atoms with Gasteiger partial charge >= 0.3 is 17.9 Å². The first-order valence-electron chi connectivity index (χ1n) is 31.1. The fourth-order valence-corrected chi connectivity index (χ4v) is 9.16. The van der Waals surface area contributed by atoms with Crippen LogP contribution in [0.25, 0.3) is 0 Å². The van der Waals surface area contributed by atoms with Crippen LogP contribution in [-0.2, 0) is 28.6 Å². The van der Waals surface area contributed by atoms with E-state index in [1.807, 2.05) is 0 Å². The Hall–Kier alpha value is -2.63. The Morgan fingerprint density at radius 2 is 0.549 bits per heavy atom. The summed E-state index contributed by atoms with van der Waals surface area (Å²) >= 11 is 0. The van der Waals surface area contributed by atoms with Crippen LogP contribution in [0.2, 0.25) is 0 Å². The highest BCUT2D eigenvalue weighted by Crippen LogP contribution is 2.17. The maximum Gasteiger partial charge on any atom is 0.306 e. The molecule has 0 aromatic heterocycles. The van der Waals surface area contributed by atoms with Gasteiger partial charge in [-0.1, -0.05) is 281 Å². The third-order valence-corrected chi connectivity index (χ3v) is 13.8.